The summed E-state index contributed by atoms with van der Waals surface area (Å²) >= 11 is 5.98. The molecule has 2 amide bonds. The lowest BCUT2D eigenvalue weighted by molar-refractivity contribution is -0.114. The van der Waals surface area contributed by atoms with E-state index in [0.29, 0.717) is 16.5 Å². The van der Waals surface area contributed by atoms with Crippen molar-refractivity contribution in [3.63, 3.8) is 0 Å². The average molecular weight is 384 g/mol. The normalized spacial score (nSPS) is 11.7. The number of carbonyl (C=O) groups is 2. The Balaban J connectivity index is 1.71. The van der Waals surface area contributed by atoms with Crippen molar-refractivity contribution in [1.82, 2.24) is 10.5 Å². The monoisotopic (exact) mass is 383 g/mol. The maximum Gasteiger partial charge on any atom is 0.273 e. The smallest absolute Gasteiger partial charge is 0.273 e. The van der Waals surface area contributed by atoms with E-state index in [4.69, 9.17) is 16.1 Å². The van der Waals surface area contributed by atoms with Gasteiger partial charge in [-0.1, -0.05) is 41.0 Å². The molecule has 0 aliphatic carbocycles. The highest BCUT2D eigenvalue weighted by atomic mass is 35.5. The number of rotatable bonds is 5. The van der Waals surface area contributed by atoms with E-state index in [2.05, 4.69) is 15.8 Å². The van der Waals surface area contributed by atoms with Gasteiger partial charge in [0.15, 0.2) is 11.5 Å². The van der Waals surface area contributed by atoms with Crippen LogP contribution in [-0.4, -0.2) is 17.0 Å². The van der Waals surface area contributed by atoms with Gasteiger partial charge in [0, 0.05) is 29.3 Å². The van der Waals surface area contributed by atoms with Crippen molar-refractivity contribution < 1.29 is 14.1 Å². The number of amides is 2. The lowest BCUT2D eigenvalue weighted by Crippen LogP contribution is -2.27. The molecule has 0 saturated carbocycles. The fraction of sp³-hybridized carbons (Fsp3) is 0.150. The molecule has 1 aromatic heterocycles. The second kappa shape index (κ2) is 8.05. The third-order valence-electron chi connectivity index (χ3n) is 3.91. The van der Waals surface area contributed by atoms with Crippen molar-refractivity contribution in [3.8, 4) is 11.3 Å². The molecule has 3 rings (SSSR count). The fourth-order valence-corrected chi connectivity index (χ4v) is 2.79. The molecule has 0 aliphatic heterocycles. The van der Waals surface area contributed by atoms with Crippen LogP contribution in [0.25, 0.3) is 11.3 Å². The predicted octanol–water partition coefficient (Wildman–Crippen LogP) is 4.44. The molecular formula is C20H18ClN3O3. The summed E-state index contributed by atoms with van der Waals surface area (Å²) in [7, 11) is 0. The third kappa shape index (κ3) is 4.74. The van der Waals surface area contributed by atoms with Crippen molar-refractivity contribution in [1.29, 1.82) is 0 Å². The van der Waals surface area contributed by atoms with Crippen LogP contribution < -0.4 is 10.6 Å². The minimum Gasteiger partial charge on any atom is -0.355 e. The Bertz CT molecular complexity index is 984. The van der Waals surface area contributed by atoms with Crippen LogP contribution in [-0.2, 0) is 4.79 Å². The topological polar surface area (TPSA) is 84.2 Å². The van der Waals surface area contributed by atoms with Gasteiger partial charge in [0.05, 0.1) is 6.04 Å². The molecule has 0 bridgehead atoms. The number of nitrogens with zero attached hydrogens (tertiary/aromatic N) is 1. The largest absolute Gasteiger partial charge is 0.355 e. The van der Waals surface area contributed by atoms with Gasteiger partial charge in [0.25, 0.3) is 5.91 Å². The summed E-state index contributed by atoms with van der Waals surface area (Å²) in [6.07, 6.45) is 0. The SMILES string of the molecule is CC(=O)Nc1cccc(C(C)NC(=O)c2cc(-c3cccc(Cl)c3)on2)c1. The van der Waals surface area contributed by atoms with Gasteiger partial charge in [0.1, 0.15) is 0 Å². The van der Waals surface area contributed by atoms with Crippen LogP contribution in [0.15, 0.2) is 59.1 Å². The Hall–Kier alpha value is -3.12. The lowest BCUT2D eigenvalue weighted by Gasteiger charge is -2.14. The molecule has 2 aromatic carbocycles. The fourth-order valence-electron chi connectivity index (χ4n) is 2.60. The van der Waals surface area contributed by atoms with Gasteiger partial charge in [-0.3, -0.25) is 9.59 Å². The molecule has 3 aromatic rings. The summed E-state index contributed by atoms with van der Waals surface area (Å²) in [5, 5.41) is 10.0. The van der Waals surface area contributed by atoms with Crippen LogP contribution in [0.2, 0.25) is 5.02 Å². The first-order chi connectivity index (χ1) is 12.9. The minimum atomic E-state index is -0.357. The standard InChI is InChI=1S/C20H18ClN3O3/c1-12(14-5-4-8-17(10-14)23-13(2)25)22-20(26)18-11-19(27-24-18)15-6-3-7-16(21)9-15/h3-12H,1-2H3,(H,22,26)(H,23,25). The first kappa shape index (κ1) is 18.7. The molecule has 0 radical (unpaired) electrons. The summed E-state index contributed by atoms with van der Waals surface area (Å²) < 4.78 is 5.26. The molecular weight excluding hydrogens is 366 g/mol. The summed E-state index contributed by atoms with van der Waals surface area (Å²) in [5.74, 6) is -0.0487. The number of hydrogen-bond acceptors (Lipinski definition) is 4. The van der Waals surface area contributed by atoms with E-state index in [1.165, 1.54) is 6.92 Å². The van der Waals surface area contributed by atoms with Gasteiger partial charge in [-0.2, -0.15) is 0 Å². The number of carbonyl (C=O) groups excluding carboxylic acids is 2. The summed E-state index contributed by atoms with van der Waals surface area (Å²) in [4.78, 5) is 23.7. The van der Waals surface area contributed by atoms with Crippen molar-refractivity contribution in [2.45, 2.75) is 19.9 Å². The predicted molar refractivity (Wildman–Crippen MR) is 104 cm³/mol. The Morgan fingerprint density at radius 3 is 2.63 bits per heavy atom. The Morgan fingerprint density at radius 2 is 1.89 bits per heavy atom. The molecule has 138 valence electrons. The maximum atomic E-state index is 12.5. The summed E-state index contributed by atoms with van der Waals surface area (Å²) in [5.41, 5.74) is 2.44. The van der Waals surface area contributed by atoms with E-state index in [9.17, 15) is 9.59 Å². The molecule has 0 aliphatic rings. The maximum absolute atomic E-state index is 12.5. The van der Waals surface area contributed by atoms with Crippen molar-refractivity contribution >= 4 is 29.1 Å². The number of nitrogens with one attached hydrogen (secondary N) is 2. The second-order valence-electron chi connectivity index (χ2n) is 6.09. The Labute approximate surface area is 161 Å². The molecule has 6 nitrogen and oxygen atoms in total. The van der Waals surface area contributed by atoms with Crippen LogP contribution in [0.5, 0.6) is 0 Å². The number of benzene rings is 2. The van der Waals surface area contributed by atoms with Crippen LogP contribution in [0.1, 0.15) is 35.9 Å². The number of hydrogen-bond donors (Lipinski definition) is 2. The zero-order valence-electron chi connectivity index (χ0n) is 14.8. The first-order valence-electron chi connectivity index (χ1n) is 8.33. The van der Waals surface area contributed by atoms with Gasteiger partial charge in [-0.15, -0.1) is 0 Å². The van der Waals surface area contributed by atoms with E-state index in [1.807, 2.05) is 31.2 Å². The minimum absolute atomic E-state index is 0.153. The van der Waals surface area contributed by atoms with Gasteiger partial charge in [0.2, 0.25) is 5.91 Å². The van der Waals surface area contributed by atoms with E-state index in [0.717, 1.165) is 11.1 Å². The highest BCUT2D eigenvalue weighted by molar-refractivity contribution is 6.30. The summed E-state index contributed by atoms with van der Waals surface area (Å²) in [6.45, 7) is 3.29. The van der Waals surface area contributed by atoms with Crippen LogP contribution in [0.4, 0.5) is 5.69 Å². The highest BCUT2D eigenvalue weighted by Gasteiger charge is 2.17. The quantitative estimate of drug-likeness (QED) is 0.682. The highest BCUT2D eigenvalue weighted by Crippen LogP contribution is 2.24. The molecule has 1 atom stereocenters. The molecule has 0 saturated heterocycles. The second-order valence-corrected chi connectivity index (χ2v) is 6.52. The van der Waals surface area contributed by atoms with E-state index < -0.39 is 0 Å². The van der Waals surface area contributed by atoms with E-state index >= 15 is 0 Å². The Kier molecular flexibility index (Phi) is 5.57. The van der Waals surface area contributed by atoms with E-state index in [1.54, 1.807) is 30.3 Å². The zero-order valence-corrected chi connectivity index (χ0v) is 15.6. The van der Waals surface area contributed by atoms with Crippen molar-refractivity contribution in [2.24, 2.45) is 0 Å². The lowest BCUT2D eigenvalue weighted by atomic mass is 10.1. The van der Waals surface area contributed by atoms with Gasteiger partial charge < -0.3 is 15.2 Å². The van der Waals surface area contributed by atoms with Gasteiger partial charge in [-0.05, 0) is 36.8 Å². The molecule has 0 spiro atoms. The molecule has 2 N–H and O–H groups in total. The first-order valence-corrected chi connectivity index (χ1v) is 8.71. The molecule has 1 unspecified atom stereocenters. The third-order valence-corrected chi connectivity index (χ3v) is 4.14. The average Bonchev–Trinajstić information content (AvgIpc) is 3.11. The molecule has 7 heteroatoms. The van der Waals surface area contributed by atoms with Crippen molar-refractivity contribution in [2.75, 3.05) is 5.32 Å². The van der Waals surface area contributed by atoms with Gasteiger partial charge in [-0.25, -0.2) is 0 Å². The van der Waals surface area contributed by atoms with Crippen molar-refractivity contribution in [3.05, 3.63) is 70.9 Å². The van der Waals surface area contributed by atoms with Crippen LogP contribution >= 0.6 is 11.6 Å². The zero-order chi connectivity index (χ0) is 19.4. The Morgan fingerprint density at radius 1 is 1.11 bits per heavy atom. The van der Waals surface area contributed by atoms with Gasteiger partial charge >= 0.3 is 0 Å². The molecule has 1 heterocycles. The van der Waals surface area contributed by atoms with Crippen LogP contribution in [0.3, 0.4) is 0 Å². The molecule has 27 heavy (non-hydrogen) atoms. The number of halogens is 1. The van der Waals surface area contributed by atoms with E-state index in [-0.39, 0.29) is 23.6 Å². The number of anilines is 1. The summed E-state index contributed by atoms with van der Waals surface area (Å²) in [6, 6.07) is 15.7. The van der Waals surface area contributed by atoms with Crippen LogP contribution in [0, 0.1) is 0 Å². The molecule has 0 fully saturated rings. The number of aromatic nitrogens is 1.